The van der Waals surface area contributed by atoms with Crippen molar-refractivity contribution in [3.8, 4) is 0 Å². The summed E-state index contributed by atoms with van der Waals surface area (Å²) < 4.78 is 5.33. The van der Waals surface area contributed by atoms with Crippen molar-refractivity contribution in [2.24, 2.45) is 5.92 Å². The lowest BCUT2D eigenvalue weighted by Gasteiger charge is -2.01. The van der Waals surface area contributed by atoms with Crippen molar-refractivity contribution in [2.75, 3.05) is 6.54 Å². The van der Waals surface area contributed by atoms with Crippen LogP contribution in [0.4, 0.5) is 0 Å². The van der Waals surface area contributed by atoms with E-state index >= 15 is 0 Å². The van der Waals surface area contributed by atoms with Gasteiger partial charge in [-0.15, -0.1) is 11.3 Å². The molecule has 3 rings (SSSR count). The van der Waals surface area contributed by atoms with Crippen LogP contribution in [0.5, 0.6) is 0 Å². The van der Waals surface area contributed by atoms with Gasteiger partial charge in [0, 0.05) is 12.1 Å². The molecule has 25 heavy (non-hydrogen) atoms. The second kappa shape index (κ2) is 7.95. The zero-order valence-corrected chi connectivity index (χ0v) is 15.9. The molecule has 0 aliphatic heterocycles. The Balaban J connectivity index is 1.70. The van der Waals surface area contributed by atoms with Crippen molar-refractivity contribution >= 4 is 29.4 Å². The van der Waals surface area contributed by atoms with Gasteiger partial charge < -0.3 is 9.84 Å². The van der Waals surface area contributed by atoms with Crippen LogP contribution >= 0.6 is 11.3 Å². The van der Waals surface area contributed by atoms with Crippen molar-refractivity contribution in [2.45, 2.75) is 52.9 Å². The van der Waals surface area contributed by atoms with E-state index in [9.17, 15) is 4.79 Å². The third kappa shape index (κ3) is 4.57. The second-order valence-electron chi connectivity index (χ2n) is 6.66. The first-order valence-corrected chi connectivity index (χ1v) is 9.79. The van der Waals surface area contributed by atoms with Crippen molar-refractivity contribution in [1.29, 1.82) is 0 Å². The highest BCUT2D eigenvalue weighted by molar-refractivity contribution is 7.14. The van der Waals surface area contributed by atoms with Gasteiger partial charge in [-0.1, -0.05) is 18.5 Å². The predicted molar refractivity (Wildman–Crippen MR) is 101 cm³/mol. The summed E-state index contributed by atoms with van der Waals surface area (Å²) in [4.78, 5) is 17.5. The molecule has 6 heteroatoms. The molecule has 5 nitrogen and oxygen atoms in total. The maximum Gasteiger partial charge on any atom is 0.263 e. The Morgan fingerprint density at radius 3 is 2.88 bits per heavy atom. The number of hydrogen-bond acceptors (Lipinski definition) is 5. The molecule has 1 saturated carbocycles. The molecular formula is C19H25N3O2S. The quantitative estimate of drug-likeness (QED) is 0.758. The van der Waals surface area contributed by atoms with Crippen molar-refractivity contribution in [3.63, 3.8) is 0 Å². The number of carbonyl (C=O) groups is 1. The largest absolute Gasteiger partial charge is 0.361 e. The molecule has 0 bridgehead atoms. The van der Waals surface area contributed by atoms with Gasteiger partial charge >= 0.3 is 0 Å². The summed E-state index contributed by atoms with van der Waals surface area (Å²) in [5.41, 5.74) is 2.80. The lowest BCUT2D eigenvalue weighted by molar-refractivity contribution is 0.0955. The van der Waals surface area contributed by atoms with E-state index in [1.807, 2.05) is 26.0 Å². The molecule has 1 amide bonds. The summed E-state index contributed by atoms with van der Waals surface area (Å²) in [7, 11) is 0. The van der Waals surface area contributed by atoms with E-state index < -0.39 is 0 Å². The Labute approximate surface area is 152 Å². The van der Waals surface area contributed by atoms with Crippen molar-refractivity contribution in [1.82, 2.24) is 15.5 Å². The molecule has 1 fully saturated rings. The molecule has 0 saturated heterocycles. The Morgan fingerprint density at radius 1 is 1.36 bits per heavy atom. The van der Waals surface area contributed by atoms with Gasteiger partial charge in [0.1, 0.15) is 15.6 Å². The smallest absolute Gasteiger partial charge is 0.263 e. The Kier molecular flexibility index (Phi) is 5.68. The average Bonchev–Trinajstić information content (AvgIpc) is 3.26. The molecule has 0 unspecified atom stereocenters. The van der Waals surface area contributed by atoms with Crippen molar-refractivity contribution in [3.05, 3.63) is 32.6 Å². The first-order chi connectivity index (χ1) is 12.1. The van der Waals surface area contributed by atoms with Crippen LogP contribution in [0.2, 0.25) is 0 Å². The Morgan fingerprint density at radius 2 is 2.16 bits per heavy atom. The van der Waals surface area contributed by atoms with Crippen LogP contribution in [0, 0.1) is 19.8 Å². The van der Waals surface area contributed by atoms with Gasteiger partial charge in [-0.05, 0) is 57.6 Å². The van der Waals surface area contributed by atoms with E-state index in [1.54, 1.807) is 0 Å². The fourth-order valence-electron chi connectivity index (χ4n) is 2.66. The molecule has 2 aromatic rings. The summed E-state index contributed by atoms with van der Waals surface area (Å²) >= 11 is 1.43. The normalized spacial score (nSPS) is 14.4. The maximum atomic E-state index is 12.3. The van der Waals surface area contributed by atoms with Crippen LogP contribution < -0.4 is 5.32 Å². The van der Waals surface area contributed by atoms with Gasteiger partial charge in [-0.2, -0.15) is 0 Å². The van der Waals surface area contributed by atoms with E-state index in [0.717, 1.165) is 53.5 Å². The second-order valence-corrected chi connectivity index (χ2v) is 7.69. The minimum atomic E-state index is -0.00802. The molecule has 1 N–H and O–H groups in total. The highest BCUT2D eigenvalue weighted by Crippen LogP contribution is 2.28. The number of rotatable bonds is 8. The van der Waals surface area contributed by atoms with E-state index in [4.69, 9.17) is 4.52 Å². The lowest BCUT2D eigenvalue weighted by Crippen LogP contribution is -2.25. The fourth-order valence-corrected chi connectivity index (χ4v) is 3.54. The topological polar surface area (TPSA) is 68.0 Å². The van der Waals surface area contributed by atoms with Crippen LogP contribution in [0.25, 0.3) is 12.2 Å². The highest BCUT2D eigenvalue weighted by atomic mass is 32.1. The minimum Gasteiger partial charge on any atom is -0.361 e. The first-order valence-electron chi connectivity index (χ1n) is 8.97. The number of carbonyl (C=O) groups excluding carboxylic acids is 1. The van der Waals surface area contributed by atoms with E-state index in [1.165, 1.54) is 24.2 Å². The summed E-state index contributed by atoms with van der Waals surface area (Å²) in [5, 5.41) is 7.99. The fraction of sp³-hybridized carbons (Fsp3) is 0.526. The number of aromatic nitrogens is 2. The van der Waals surface area contributed by atoms with Crippen LogP contribution in [-0.4, -0.2) is 22.6 Å². The van der Waals surface area contributed by atoms with Crippen LogP contribution in [-0.2, 0) is 6.42 Å². The number of amides is 1. The number of nitrogens with one attached hydrogen (secondary N) is 1. The summed E-state index contributed by atoms with van der Waals surface area (Å²) in [6.45, 7) is 6.75. The molecule has 0 aromatic carbocycles. The molecule has 2 heterocycles. The van der Waals surface area contributed by atoms with Gasteiger partial charge in [-0.25, -0.2) is 4.98 Å². The monoisotopic (exact) mass is 359 g/mol. The van der Waals surface area contributed by atoms with Gasteiger partial charge in [-0.3, -0.25) is 4.79 Å². The first kappa shape index (κ1) is 17.9. The van der Waals surface area contributed by atoms with Crippen LogP contribution in [0.15, 0.2) is 4.52 Å². The Hall–Kier alpha value is -1.95. The third-order valence-corrected chi connectivity index (χ3v) is 5.53. The highest BCUT2D eigenvalue weighted by Gasteiger charge is 2.23. The average molecular weight is 359 g/mol. The molecule has 1 aliphatic carbocycles. The number of thiazole rings is 1. The zero-order valence-electron chi connectivity index (χ0n) is 15.1. The predicted octanol–water partition coefficient (Wildman–Crippen LogP) is 4.40. The molecule has 0 atom stereocenters. The van der Waals surface area contributed by atoms with E-state index in [2.05, 4.69) is 22.4 Å². The Bertz CT molecular complexity index is 772. The molecule has 0 spiro atoms. The molecule has 1 aliphatic rings. The zero-order chi connectivity index (χ0) is 17.8. The lowest BCUT2D eigenvalue weighted by atomic mass is 10.1. The number of nitrogens with zero attached hydrogens (tertiary/aromatic N) is 2. The SMILES string of the molecule is CCCCc1noc(C)c1/C=C/c1nc(C)c(C(=O)NCC2CC2)s1. The van der Waals surface area contributed by atoms with Gasteiger partial charge in [0.25, 0.3) is 5.91 Å². The van der Waals surface area contributed by atoms with Crippen LogP contribution in [0.1, 0.15) is 70.0 Å². The number of unbranched alkanes of at least 4 members (excludes halogenated alkanes) is 1. The number of hydrogen-bond donors (Lipinski definition) is 1. The molecule has 2 aromatic heterocycles. The minimum absolute atomic E-state index is 0.00802. The molecule has 0 radical (unpaired) electrons. The van der Waals surface area contributed by atoms with Gasteiger partial charge in [0.15, 0.2) is 0 Å². The molecular weight excluding hydrogens is 334 g/mol. The van der Waals surface area contributed by atoms with E-state index in [0.29, 0.717) is 10.8 Å². The summed E-state index contributed by atoms with van der Waals surface area (Å²) in [6.07, 6.45) is 9.54. The maximum absolute atomic E-state index is 12.3. The van der Waals surface area contributed by atoms with Crippen LogP contribution in [0.3, 0.4) is 0 Å². The summed E-state index contributed by atoms with van der Waals surface area (Å²) in [6, 6.07) is 0. The molecule has 134 valence electrons. The third-order valence-electron chi connectivity index (χ3n) is 4.41. The number of aryl methyl sites for hydroxylation is 3. The van der Waals surface area contributed by atoms with Gasteiger partial charge in [0.2, 0.25) is 0 Å². The van der Waals surface area contributed by atoms with E-state index in [-0.39, 0.29) is 5.91 Å². The van der Waals surface area contributed by atoms with Gasteiger partial charge in [0.05, 0.1) is 11.4 Å². The standard InChI is InChI=1S/C19H25N3O2S/c1-4-5-6-16-15(13(3)24-22-16)9-10-17-21-12(2)18(25-17)19(23)20-11-14-7-8-14/h9-10,14H,4-8,11H2,1-3H3,(H,20,23)/b10-9+. The summed E-state index contributed by atoms with van der Waals surface area (Å²) in [5.74, 6) is 1.49. The van der Waals surface area contributed by atoms with Crippen molar-refractivity contribution < 1.29 is 9.32 Å².